The smallest absolute Gasteiger partial charge is 0.244 e. The molecule has 3 aromatic carbocycles. The molecule has 1 aliphatic rings. The number of hydrogen-bond acceptors (Lipinski definition) is 6. The van der Waals surface area contributed by atoms with Gasteiger partial charge < -0.3 is 19.7 Å². The molecule has 1 unspecified atom stereocenters. The summed E-state index contributed by atoms with van der Waals surface area (Å²) in [4.78, 5) is 29.5. The quantitative estimate of drug-likeness (QED) is 0.329. The Balaban J connectivity index is 1.76. The van der Waals surface area contributed by atoms with Crippen molar-refractivity contribution in [1.82, 2.24) is 10.2 Å². The van der Waals surface area contributed by atoms with E-state index < -0.39 is 34.1 Å². The first kappa shape index (κ1) is 32.4. The summed E-state index contributed by atoms with van der Waals surface area (Å²) >= 11 is 12.6. The van der Waals surface area contributed by atoms with E-state index in [9.17, 15) is 18.0 Å². The van der Waals surface area contributed by atoms with Gasteiger partial charge in [0.25, 0.3) is 0 Å². The van der Waals surface area contributed by atoms with E-state index in [2.05, 4.69) is 5.32 Å². The van der Waals surface area contributed by atoms with E-state index in [0.717, 1.165) is 16.1 Å². The Morgan fingerprint density at radius 2 is 1.63 bits per heavy atom. The van der Waals surface area contributed by atoms with Crippen molar-refractivity contribution >= 4 is 50.7 Å². The topological polar surface area (TPSA) is 105 Å². The van der Waals surface area contributed by atoms with Gasteiger partial charge in [-0.15, -0.1) is 0 Å². The molecule has 12 heteroatoms. The number of nitrogens with one attached hydrogen (secondary N) is 1. The van der Waals surface area contributed by atoms with E-state index in [4.69, 9.17) is 32.7 Å². The van der Waals surface area contributed by atoms with Crippen LogP contribution < -0.4 is 19.1 Å². The lowest BCUT2D eigenvalue weighted by Crippen LogP contribution is -2.56. The molecule has 0 bridgehead atoms. The molecule has 2 amide bonds. The van der Waals surface area contributed by atoms with Crippen LogP contribution in [0, 0.1) is 0 Å². The maximum Gasteiger partial charge on any atom is 0.244 e. The molecule has 0 saturated heterocycles. The number of amides is 2. The third-order valence-electron chi connectivity index (χ3n) is 6.62. The van der Waals surface area contributed by atoms with Gasteiger partial charge in [-0.2, -0.15) is 0 Å². The molecule has 1 heterocycles. The fourth-order valence-electron chi connectivity index (χ4n) is 4.64. The second-order valence-corrected chi connectivity index (χ2v) is 14.1. The molecule has 9 nitrogen and oxygen atoms in total. The summed E-state index contributed by atoms with van der Waals surface area (Å²) in [5.41, 5.74) is 1.00. The van der Waals surface area contributed by atoms with Crippen molar-refractivity contribution in [2.75, 3.05) is 30.3 Å². The van der Waals surface area contributed by atoms with E-state index in [1.54, 1.807) is 30.3 Å². The van der Waals surface area contributed by atoms with Crippen LogP contribution in [0.15, 0.2) is 66.7 Å². The average Bonchev–Trinajstić information content (AvgIpc) is 2.93. The normalized spacial score (nSPS) is 13.6. The van der Waals surface area contributed by atoms with Crippen molar-refractivity contribution in [2.45, 2.75) is 45.3 Å². The monoisotopic (exact) mass is 647 g/mol. The molecular formula is C31H35Cl2N3O6S. The van der Waals surface area contributed by atoms with Gasteiger partial charge in [-0.1, -0.05) is 59.6 Å². The Kier molecular flexibility index (Phi) is 10.1. The molecule has 0 aromatic heterocycles. The molecule has 0 saturated carbocycles. The van der Waals surface area contributed by atoms with Gasteiger partial charge in [-0.3, -0.25) is 13.9 Å². The minimum atomic E-state index is -3.95. The first-order valence-corrected chi connectivity index (χ1v) is 16.3. The van der Waals surface area contributed by atoms with Crippen LogP contribution in [0.25, 0.3) is 0 Å². The van der Waals surface area contributed by atoms with E-state index >= 15 is 0 Å². The summed E-state index contributed by atoms with van der Waals surface area (Å²) in [6, 6.07) is 17.9. The highest BCUT2D eigenvalue weighted by Gasteiger charge is 2.35. The predicted molar refractivity (Wildman–Crippen MR) is 168 cm³/mol. The van der Waals surface area contributed by atoms with Gasteiger partial charge in [0.05, 0.1) is 11.9 Å². The zero-order valence-electron chi connectivity index (χ0n) is 24.5. The van der Waals surface area contributed by atoms with Crippen LogP contribution in [0.3, 0.4) is 0 Å². The lowest BCUT2D eigenvalue weighted by Gasteiger charge is -2.35. The zero-order chi connectivity index (χ0) is 31.4. The van der Waals surface area contributed by atoms with E-state index in [1.807, 2.05) is 51.1 Å². The number of benzene rings is 3. The van der Waals surface area contributed by atoms with Crippen LogP contribution in [0.1, 0.15) is 31.9 Å². The van der Waals surface area contributed by atoms with Crippen LogP contribution in [0.5, 0.6) is 11.5 Å². The van der Waals surface area contributed by atoms with Gasteiger partial charge in [0.15, 0.2) is 11.5 Å². The highest BCUT2D eigenvalue weighted by molar-refractivity contribution is 7.92. The molecule has 0 aliphatic carbocycles. The molecule has 0 fully saturated rings. The molecule has 1 atom stereocenters. The van der Waals surface area contributed by atoms with Crippen LogP contribution >= 0.6 is 23.2 Å². The fourth-order valence-corrected chi connectivity index (χ4v) is 5.95. The number of fused-ring (bicyclic) bond motifs is 1. The van der Waals surface area contributed by atoms with Crippen molar-refractivity contribution in [3.63, 3.8) is 0 Å². The van der Waals surface area contributed by atoms with Crippen LogP contribution in [-0.2, 0) is 32.6 Å². The molecule has 0 spiro atoms. The van der Waals surface area contributed by atoms with Crippen molar-refractivity contribution < 1.29 is 27.5 Å². The average molecular weight is 649 g/mol. The maximum atomic E-state index is 14.3. The third kappa shape index (κ3) is 8.78. The number of halogens is 2. The highest BCUT2D eigenvalue weighted by atomic mass is 35.5. The van der Waals surface area contributed by atoms with E-state index in [1.165, 1.54) is 11.0 Å². The molecular weight excluding hydrogens is 613 g/mol. The SMILES string of the molecule is CC(C)(C)NC(=O)C(Cc1ccccc1)N(Cc1ccc(Cl)cc1Cl)C(=O)CN(c1ccc2c(c1)OCCO2)S(C)(=O)=O. The summed E-state index contributed by atoms with van der Waals surface area (Å²) in [7, 11) is -3.95. The van der Waals surface area contributed by atoms with Gasteiger partial charge in [0, 0.05) is 34.6 Å². The Hall–Kier alpha value is -3.47. The Labute approximate surface area is 262 Å². The second kappa shape index (κ2) is 13.4. The maximum absolute atomic E-state index is 14.3. The number of nitrogens with zero attached hydrogens (tertiary/aromatic N) is 2. The van der Waals surface area contributed by atoms with Crippen molar-refractivity contribution in [3.8, 4) is 11.5 Å². The van der Waals surface area contributed by atoms with Crippen molar-refractivity contribution in [3.05, 3.63) is 87.9 Å². The standard InChI is InChI=1S/C31H35Cl2N3O6S/c1-31(2,3)34-30(38)26(16-21-8-6-5-7-9-21)35(19-22-10-11-23(32)17-25(22)33)29(37)20-36(43(4,39)40)24-12-13-27-28(18-24)42-15-14-41-27/h5-13,17-18,26H,14-16,19-20H2,1-4H3,(H,34,38). The van der Waals surface area contributed by atoms with Crippen molar-refractivity contribution in [2.24, 2.45) is 0 Å². The Morgan fingerprint density at radius 1 is 0.953 bits per heavy atom. The summed E-state index contributed by atoms with van der Waals surface area (Å²) in [5.74, 6) is -0.131. The molecule has 1 aliphatic heterocycles. The largest absolute Gasteiger partial charge is 0.486 e. The molecule has 43 heavy (non-hydrogen) atoms. The lowest BCUT2D eigenvalue weighted by atomic mass is 10.0. The minimum absolute atomic E-state index is 0.0668. The fraction of sp³-hybridized carbons (Fsp3) is 0.355. The molecule has 230 valence electrons. The van der Waals surface area contributed by atoms with Gasteiger partial charge in [-0.05, 0) is 56.2 Å². The number of carbonyl (C=O) groups is 2. The van der Waals surface area contributed by atoms with Gasteiger partial charge >= 0.3 is 0 Å². The number of sulfonamides is 1. The van der Waals surface area contributed by atoms with E-state index in [0.29, 0.717) is 40.3 Å². The van der Waals surface area contributed by atoms with Crippen LogP contribution in [-0.4, -0.2) is 62.7 Å². The minimum Gasteiger partial charge on any atom is -0.486 e. The molecule has 0 radical (unpaired) electrons. The lowest BCUT2D eigenvalue weighted by molar-refractivity contribution is -0.140. The summed E-state index contributed by atoms with van der Waals surface area (Å²) in [6.07, 6.45) is 1.20. The second-order valence-electron chi connectivity index (χ2n) is 11.3. The number of ether oxygens (including phenoxy) is 2. The highest BCUT2D eigenvalue weighted by Crippen LogP contribution is 2.35. The Morgan fingerprint density at radius 3 is 2.26 bits per heavy atom. The number of carbonyl (C=O) groups excluding carboxylic acids is 2. The molecule has 1 N–H and O–H groups in total. The zero-order valence-corrected chi connectivity index (χ0v) is 26.8. The number of rotatable bonds is 10. The predicted octanol–water partition coefficient (Wildman–Crippen LogP) is 5.09. The number of anilines is 1. The summed E-state index contributed by atoms with van der Waals surface area (Å²) in [5, 5.41) is 3.71. The van der Waals surface area contributed by atoms with Crippen LogP contribution in [0.4, 0.5) is 5.69 Å². The van der Waals surface area contributed by atoms with Crippen LogP contribution in [0.2, 0.25) is 10.0 Å². The molecule has 4 rings (SSSR count). The third-order valence-corrected chi connectivity index (χ3v) is 8.35. The summed E-state index contributed by atoms with van der Waals surface area (Å²) < 4.78 is 38.3. The Bertz CT molecular complexity index is 1580. The van der Waals surface area contributed by atoms with Gasteiger partial charge in [0.1, 0.15) is 25.8 Å². The number of hydrogen-bond donors (Lipinski definition) is 1. The van der Waals surface area contributed by atoms with E-state index in [-0.39, 0.29) is 24.6 Å². The first-order valence-electron chi connectivity index (χ1n) is 13.7. The van der Waals surface area contributed by atoms with Gasteiger partial charge in [0.2, 0.25) is 21.8 Å². The summed E-state index contributed by atoms with van der Waals surface area (Å²) in [6.45, 7) is 5.59. The van der Waals surface area contributed by atoms with Crippen molar-refractivity contribution in [1.29, 1.82) is 0 Å². The first-order chi connectivity index (χ1) is 20.2. The molecule has 3 aromatic rings. The van der Waals surface area contributed by atoms with Gasteiger partial charge in [-0.25, -0.2) is 8.42 Å².